The summed E-state index contributed by atoms with van der Waals surface area (Å²) in [5.41, 5.74) is 0.901. The SMILES string of the molecule is CC(C)CNC(=O)NC(=O)CN[C@@H](c1ccc(F)cc1)C(C)C. The fraction of sp³-hybridized carbons (Fsp3) is 0.529. The minimum atomic E-state index is -0.492. The summed E-state index contributed by atoms with van der Waals surface area (Å²) in [6.45, 7) is 8.48. The summed E-state index contributed by atoms with van der Waals surface area (Å²) >= 11 is 0. The first kappa shape index (κ1) is 19.1. The lowest BCUT2D eigenvalue weighted by atomic mass is 9.96. The van der Waals surface area contributed by atoms with Gasteiger partial charge in [0, 0.05) is 12.6 Å². The van der Waals surface area contributed by atoms with E-state index in [1.807, 2.05) is 27.7 Å². The molecule has 0 unspecified atom stereocenters. The summed E-state index contributed by atoms with van der Waals surface area (Å²) in [6, 6.07) is 5.59. The lowest BCUT2D eigenvalue weighted by Gasteiger charge is -2.22. The highest BCUT2D eigenvalue weighted by atomic mass is 19.1. The molecule has 5 nitrogen and oxygen atoms in total. The molecule has 0 spiro atoms. The van der Waals surface area contributed by atoms with E-state index in [-0.39, 0.29) is 24.3 Å². The molecule has 1 rings (SSSR count). The molecule has 0 radical (unpaired) electrons. The second-order valence-corrected chi connectivity index (χ2v) is 6.31. The van der Waals surface area contributed by atoms with Crippen LogP contribution in [0.15, 0.2) is 24.3 Å². The average Bonchev–Trinajstić information content (AvgIpc) is 2.46. The zero-order valence-electron chi connectivity index (χ0n) is 14.2. The van der Waals surface area contributed by atoms with Crippen LogP contribution >= 0.6 is 0 Å². The zero-order chi connectivity index (χ0) is 17.4. The Morgan fingerprint density at radius 3 is 2.22 bits per heavy atom. The van der Waals surface area contributed by atoms with Crippen LogP contribution in [0.2, 0.25) is 0 Å². The van der Waals surface area contributed by atoms with Gasteiger partial charge in [0.1, 0.15) is 5.82 Å². The van der Waals surface area contributed by atoms with Gasteiger partial charge in [-0.1, -0.05) is 39.8 Å². The van der Waals surface area contributed by atoms with Crippen LogP contribution in [-0.4, -0.2) is 25.0 Å². The van der Waals surface area contributed by atoms with Crippen molar-refractivity contribution in [2.75, 3.05) is 13.1 Å². The third-order valence-electron chi connectivity index (χ3n) is 3.30. The fourth-order valence-electron chi connectivity index (χ4n) is 2.12. The second kappa shape index (κ2) is 9.25. The zero-order valence-corrected chi connectivity index (χ0v) is 14.2. The first-order valence-electron chi connectivity index (χ1n) is 7.86. The summed E-state index contributed by atoms with van der Waals surface area (Å²) in [7, 11) is 0. The second-order valence-electron chi connectivity index (χ2n) is 6.31. The van der Waals surface area contributed by atoms with Crippen LogP contribution in [0.4, 0.5) is 9.18 Å². The van der Waals surface area contributed by atoms with Crippen molar-refractivity contribution in [2.24, 2.45) is 11.8 Å². The topological polar surface area (TPSA) is 70.2 Å². The third-order valence-corrected chi connectivity index (χ3v) is 3.30. The molecule has 1 atom stereocenters. The van der Waals surface area contributed by atoms with E-state index >= 15 is 0 Å². The van der Waals surface area contributed by atoms with E-state index in [9.17, 15) is 14.0 Å². The van der Waals surface area contributed by atoms with Gasteiger partial charge in [-0.2, -0.15) is 0 Å². The van der Waals surface area contributed by atoms with Crippen LogP contribution < -0.4 is 16.0 Å². The lowest BCUT2D eigenvalue weighted by molar-refractivity contribution is -0.119. The van der Waals surface area contributed by atoms with Crippen molar-refractivity contribution in [1.82, 2.24) is 16.0 Å². The molecule has 0 bridgehead atoms. The normalized spacial score (nSPS) is 12.3. The highest BCUT2D eigenvalue weighted by Gasteiger charge is 2.17. The summed E-state index contributed by atoms with van der Waals surface area (Å²) < 4.78 is 13.0. The van der Waals surface area contributed by atoms with Gasteiger partial charge >= 0.3 is 6.03 Å². The number of amides is 3. The van der Waals surface area contributed by atoms with Crippen molar-refractivity contribution < 1.29 is 14.0 Å². The number of nitrogens with one attached hydrogen (secondary N) is 3. The van der Waals surface area contributed by atoms with E-state index < -0.39 is 11.9 Å². The van der Waals surface area contributed by atoms with Gasteiger partial charge in [-0.25, -0.2) is 9.18 Å². The predicted molar refractivity (Wildman–Crippen MR) is 88.4 cm³/mol. The highest BCUT2D eigenvalue weighted by Crippen LogP contribution is 2.21. The van der Waals surface area contributed by atoms with Gasteiger partial charge in [0.15, 0.2) is 0 Å². The van der Waals surface area contributed by atoms with Gasteiger partial charge in [0.05, 0.1) is 6.54 Å². The first-order chi connectivity index (χ1) is 10.8. The number of halogens is 1. The number of imide groups is 1. The Balaban J connectivity index is 2.50. The van der Waals surface area contributed by atoms with Crippen LogP contribution in [0, 0.1) is 17.7 Å². The smallest absolute Gasteiger partial charge is 0.321 e. The maximum absolute atomic E-state index is 13.0. The molecule has 3 N–H and O–H groups in total. The van der Waals surface area contributed by atoms with Crippen LogP contribution in [0.3, 0.4) is 0 Å². The van der Waals surface area contributed by atoms with Gasteiger partial charge in [-0.3, -0.25) is 10.1 Å². The molecule has 128 valence electrons. The molecular formula is C17H26FN3O2. The van der Waals surface area contributed by atoms with E-state index in [1.165, 1.54) is 12.1 Å². The van der Waals surface area contributed by atoms with Gasteiger partial charge in [0.2, 0.25) is 5.91 Å². The standard InChI is InChI=1S/C17H26FN3O2/c1-11(2)9-20-17(23)21-15(22)10-19-16(12(3)4)13-5-7-14(18)8-6-13/h5-8,11-12,16,19H,9-10H2,1-4H3,(H2,20,21,22,23)/t16-/m1/s1. The summed E-state index contributed by atoms with van der Waals surface area (Å²) in [5, 5.41) is 8.01. The number of carbonyl (C=O) groups excluding carboxylic acids is 2. The van der Waals surface area contributed by atoms with Crippen LogP contribution in [0.1, 0.15) is 39.3 Å². The molecule has 1 aromatic carbocycles. The first-order valence-corrected chi connectivity index (χ1v) is 7.86. The summed E-state index contributed by atoms with van der Waals surface area (Å²) in [4.78, 5) is 23.3. The Morgan fingerprint density at radius 2 is 1.70 bits per heavy atom. The monoisotopic (exact) mass is 323 g/mol. The molecule has 1 aromatic rings. The Hall–Kier alpha value is -1.95. The van der Waals surface area contributed by atoms with E-state index in [0.29, 0.717) is 12.5 Å². The minimum Gasteiger partial charge on any atom is -0.338 e. The molecule has 0 saturated carbocycles. The van der Waals surface area contributed by atoms with Gasteiger partial charge in [-0.15, -0.1) is 0 Å². The molecular weight excluding hydrogens is 297 g/mol. The van der Waals surface area contributed by atoms with Gasteiger partial charge in [0.25, 0.3) is 0 Å². The van der Waals surface area contributed by atoms with Crippen LogP contribution in [-0.2, 0) is 4.79 Å². The largest absolute Gasteiger partial charge is 0.338 e. The average molecular weight is 323 g/mol. The summed E-state index contributed by atoms with van der Waals surface area (Å²) in [6.07, 6.45) is 0. The molecule has 0 fully saturated rings. The lowest BCUT2D eigenvalue weighted by Crippen LogP contribution is -2.45. The Labute approximate surface area is 137 Å². The number of rotatable bonds is 7. The Bertz CT molecular complexity index is 515. The molecule has 0 aliphatic carbocycles. The molecule has 6 heteroatoms. The van der Waals surface area contributed by atoms with Crippen LogP contribution in [0.5, 0.6) is 0 Å². The number of hydrogen-bond acceptors (Lipinski definition) is 3. The van der Waals surface area contributed by atoms with Crippen molar-refractivity contribution in [1.29, 1.82) is 0 Å². The molecule has 0 heterocycles. The molecule has 0 aliphatic heterocycles. The van der Waals surface area contributed by atoms with E-state index in [2.05, 4.69) is 16.0 Å². The maximum atomic E-state index is 13.0. The minimum absolute atomic E-state index is 0.00925. The van der Waals surface area contributed by atoms with Crippen molar-refractivity contribution in [3.8, 4) is 0 Å². The Morgan fingerprint density at radius 1 is 1.09 bits per heavy atom. The molecule has 0 aromatic heterocycles. The molecule has 0 saturated heterocycles. The quantitative estimate of drug-likeness (QED) is 0.722. The third kappa shape index (κ3) is 7.23. The number of carbonyl (C=O) groups is 2. The van der Waals surface area contributed by atoms with Gasteiger partial charge in [-0.05, 0) is 29.5 Å². The highest BCUT2D eigenvalue weighted by molar-refractivity contribution is 5.95. The number of hydrogen-bond donors (Lipinski definition) is 3. The van der Waals surface area contributed by atoms with E-state index in [4.69, 9.17) is 0 Å². The molecule has 0 aliphatic rings. The number of urea groups is 1. The van der Waals surface area contributed by atoms with Crippen LogP contribution in [0.25, 0.3) is 0 Å². The van der Waals surface area contributed by atoms with E-state index in [0.717, 1.165) is 5.56 Å². The van der Waals surface area contributed by atoms with Crippen molar-refractivity contribution in [3.63, 3.8) is 0 Å². The predicted octanol–water partition coefficient (Wildman–Crippen LogP) is 2.59. The van der Waals surface area contributed by atoms with E-state index in [1.54, 1.807) is 12.1 Å². The van der Waals surface area contributed by atoms with Gasteiger partial charge < -0.3 is 10.6 Å². The molecule has 3 amide bonds. The molecule has 23 heavy (non-hydrogen) atoms. The fourth-order valence-corrected chi connectivity index (χ4v) is 2.12. The van der Waals surface area contributed by atoms with Crippen molar-refractivity contribution in [2.45, 2.75) is 33.7 Å². The van der Waals surface area contributed by atoms with Crippen molar-refractivity contribution in [3.05, 3.63) is 35.6 Å². The van der Waals surface area contributed by atoms with Crippen molar-refractivity contribution >= 4 is 11.9 Å². The number of benzene rings is 1. The maximum Gasteiger partial charge on any atom is 0.321 e. The summed E-state index contributed by atoms with van der Waals surface area (Å²) in [5.74, 6) is -0.171. The Kier molecular flexibility index (Phi) is 7.68.